The van der Waals surface area contributed by atoms with Crippen LogP contribution in [0.5, 0.6) is 17.2 Å². The van der Waals surface area contributed by atoms with Gasteiger partial charge in [-0.15, -0.1) is 24.0 Å². The Balaban J connectivity index is 0.00000392. The number of hydrogen-bond donors (Lipinski definition) is 2. The first kappa shape index (κ1) is 24.6. The van der Waals surface area contributed by atoms with Crippen molar-refractivity contribution in [2.45, 2.75) is 26.3 Å². The molecule has 1 unspecified atom stereocenters. The van der Waals surface area contributed by atoms with Crippen LogP contribution in [-0.4, -0.2) is 65.4 Å². The van der Waals surface area contributed by atoms with Crippen LogP contribution < -0.4 is 24.8 Å². The lowest BCUT2D eigenvalue weighted by molar-refractivity contribution is 0.287. The first-order valence-electron chi connectivity index (χ1n) is 9.57. The molecule has 1 aromatic carbocycles. The normalized spacial score (nSPS) is 15.5. The molecular weight excluding hydrogens is 471 g/mol. The highest BCUT2D eigenvalue weighted by Crippen LogP contribution is 2.38. The number of rotatable bonds is 9. The average Bonchev–Trinajstić information content (AvgIpc) is 3.19. The lowest BCUT2D eigenvalue weighted by Gasteiger charge is -2.21. The number of ether oxygens (including phenoxy) is 3. The SMILES string of the molecule is CN=C(NCc1cc(OC)c(OC)c(OC)c1)NCC(C)CN1CCCC1.I. The van der Waals surface area contributed by atoms with E-state index < -0.39 is 0 Å². The second-order valence-electron chi connectivity index (χ2n) is 6.95. The van der Waals surface area contributed by atoms with Gasteiger partial charge in [-0.25, -0.2) is 0 Å². The van der Waals surface area contributed by atoms with Crippen molar-refractivity contribution in [3.8, 4) is 17.2 Å². The molecule has 1 heterocycles. The number of guanidine groups is 1. The first-order chi connectivity index (χ1) is 13.1. The number of benzene rings is 1. The molecule has 1 atom stereocenters. The highest BCUT2D eigenvalue weighted by Gasteiger charge is 2.15. The first-order valence-corrected chi connectivity index (χ1v) is 9.57. The molecule has 28 heavy (non-hydrogen) atoms. The van der Waals surface area contributed by atoms with E-state index in [-0.39, 0.29) is 24.0 Å². The van der Waals surface area contributed by atoms with Crippen LogP contribution in [0.4, 0.5) is 0 Å². The summed E-state index contributed by atoms with van der Waals surface area (Å²) in [7, 11) is 6.64. The Morgan fingerprint density at radius 2 is 1.68 bits per heavy atom. The summed E-state index contributed by atoms with van der Waals surface area (Å²) >= 11 is 0. The lowest BCUT2D eigenvalue weighted by Crippen LogP contribution is -2.41. The Morgan fingerprint density at radius 1 is 1.07 bits per heavy atom. The third-order valence-corrected chi connectivity index (χ3v) is 4.79. The number of aliphatic imine (C=N–C) groups is 1. The number of likely N-dealkylation sites (tertiary alicyclic amines) is 1. The number of methoxy groups -OCH3 is 3. The van der Waals surface area contributed by atoms with Crippen molar-refractivity contribution in [1.29, 1.82) is 0 Å². The van der Waals surface area contributed by atoms with Crippen LogP contribution in [0.2, 0.25) is 0 Å². The van der Waals surface area contributed by atoms with E-state index in [1.165, 1.54) is 25.9 Å². The largest absolute Gasteiger partial charge is 0.493 e. The molecule has 0 amide bonds. The van der Waals surface area contributed by atoms with E-state index in [1.807, 2.05) is 12.1 Å². The van der Waals surface area contributed by atoms with Gasteiger partial charge in [0.15, 0.2) is 17.5 Å². The zero-order valence-corrected chi connectivity index (χ0v) is 20.0. The van der Waals surface area contributed by atoms with Crippen LogP contribution in [0.25, 0.3) is 0 Å². The summed E-state index contributed by atoms with van der Waals surface area (Å²) in [5.41, 5.74) is 1.03. The van der Waals surface area contributed by atoms with Crippen LogP contribution in [-0.2, 0) is 6.54 Å². The number of nitrogens with zero attached hydrogens (tertiary/aromatic N) is 2. The maximum atomic E-state index is 5.41. The lowest BCUT2D eigenvalue weighted by atomic mass is 10.1. The fourth-order valence-electron chi connectivity index (χ4n) is 3.39. The van der Waals surface area contributed by atoms with Gasteiger partial charge in [0, 0.05) is 26.7 Å². The van der Waals surface area contributed by atoms with E-state index in [9.17, 15) is 0 Å². The molecule has 1 aromatic rings. The van der Waals surface area contributed by atoms with Crippen molar-refractivity contribution in [3.05, 3.63) is 17.7 Å². The van der Waals surface area contributed by atoms with Gasteiger partial charge in [-0.1, -0.05) is 6.92 Å². The molecule has 1 saturated heterocycles. The molecule has 1 aliphatic rings. The van der Waals surface area contributed by atoms with E-state index in [0.717, 1.165) is 24.6 Å². The number of hydrogen-bond acceptors (Lipinski definition) is 5. The highest BCUT2D eigenvalue weighted by atomic mass is 127. The van der Waals surface area contributed by atoms with Gasteiger partial charge in [0.1, 0.15) is 0 Å². The van der Waals surface area contributed by atoms with Gasteiger partial charge in [0.25, 0.3) is 0 Å². The molecule has 0 bridgehead atoms. The summed E-state index contributed by atoms with van der Waals surface area (Å²) in [5.74, 6) is 3.26. The predicted molar refractivity (Wildman–Crippen MR) is 125 cm³/mol. The summed E-state index contributed by atoms with van der Waals surface area (Å²) in [4.78, 5) is 6.86. The van der Waals surface area contributed by atoms with Crippen molar-refractivity contribution in [2.75, 3.05) is 54.6 Å². The van der Waals surface area contributed by atoms with E-state index >= 15 is 0 Å². The smallest absolute Gasteiger partial charge is 0.203 e. The summed E-state index contributed by atoms with van der Waals surface area (Å²) in [6, 6.07) is 3.88. The Labute approximate surface area is 186 Å². The molecule has 0 saturated carbocycles. The van der Waals surface area contributed by atoms with Crippen molar-refractivity contribution >= 4 is 29.9 Å². The zero-order chi connectivity index (χ0) is 19.6. The number of nitrogens with one attached hydrogen (secondary N) is 2. The molecule has 8 heteroatoms. The minimum absolute atomic E-state index is 0. The Morgan fingerprint density at radius 3 is 2.18 bits per heavy atom. The molecule has 0 spiro atoms. The Bertz CT molecular complexity index is 596. The molecule has 2 rings (SSSR count). The van der Waals surface area contributed by atoms with Crippen LogP contribution in [0.15, 0.2) is 17.1 Å². The molecule has 7 nitrogen and oxygen atoms in total. The van der Waals surface area contributed by atoms with Crippen LogP contribution in [0.3, 0.4) is 0 Å². The standard InChI is InChI=1S/C20H34N4O3.HI/c1-15(14-24-8-6-7-9-24)12-22-20(21-2)23-13-16-10-17(25-3)19(27-5)18(11-16)26-4;/h10-11,15H,6-9,12-14H2,1-5H3,(H2,21,22,23);1H. The zero-order valence-electron chi connectivity index (χ0n) is 17.7. The van der Waals surface area contributed by atoms with E-state index in [2.05, 4.69) is 27.4 Å². The average molecular weight is 506 g/mol. The summed E-state index contributed by atoms with van der Waals surface area (Å²) in [6.45, 7) is 7.38. The molecule has 1 fully saturated rings. The van der Waals surface area contributed by atoms with Crippen molar-refractivity contribution < 1.29 is 14.2 Å². The maximum absolute atomic E-state index is 5.41. The van der Waals surface area contributed by atoms with Gasteiger partial charge >= 0.3 is 0 Å². The van der Waals surface area contributed by atoms with Gasteiger partial charge in [-0.2, -0.15) is 0 Å². The van der Waals surface area contributed by atoms with E-state index in [1.54, 1.807) is 28.4 Å². The van der Waals surface area contributed by atoms with Crippen molar-refractivity contribution in [1.82, 2.24) is 15.5 Å². The van der Waals surface area contributed by atoms with Crippen LogP contribution >= 0.6 is 24.0 Å². The van der Waals surface area contributed by atoms with Gasteiger partial charge in [0.2, 0.25) is 5.75 Å². The van der Waals surface area contributed by atoms with Gasteiger partial charge in [-0.3, -0.25) is 4.99 Å². The van der Waals surface area contributed by atoms with Crippen LogP contribution in [0.1, 0.15) is 25.3 Å². The quantitative estimate of drug-likeness (QED) is 0.305. The Hall–Kier alpha value is -1.42. The fourth-order valence-corrected chi connectivity index (χ4v) is 3.39. The van der Waals surface area contributed by atoms with Crippen molar-refractivity contribution in [2.24, 2.45) is 10.9 Å². The topological polar surface area (TPSA) is 67.4 Å². The highest BCUT2D eigenvalue weighted by molar-refractivity contribution is 14.0. The molecule has 0 radical (unpaired) electrons. The van der Waals surface area contributed by atoms with Gasteiger partial charge in [0.05, 0.1) is 21.3 Å². The molecule has 160 valence electrons. The molecule has 0 aliphatic carbocycles. The van der Waals surface area contributed by atoms with Crippen LogP contribution in [0, 0.1) is 5.92 Å². The van der Waals surface area contributed by atoms with E-state index in [0.29, 0.717) is 29.7 Å². The Kier molecular flexibility index (Phi) is 11.4. The minimum Gasteiger partial charge on any atom is -0.493 e. The second kappa shape index (κ2) is 12.9. The van der Waals surface area contributed by atoms with Gasteiger partial charge in [-0.05, 0) is 49.5 Å². The molecule has 1 aliphatic heterocycles. The number of halogens is 1. The third-order valence-electron chi connectivity index (χ3n) is 4.79. The fraction of sp³-hybridized carbons (Fsp3) is 0.650. The van der Waals surface area contributed by atoms with Gasteiger partial charge < -0.3 is 29.7 Å². The minimum atomic E-state index is 0. The summed E-state index contributed by atoms with van der Waals surface area (Å²) in [5, 5.41) is 6.77. The van der Waals surface area contributed by atoms with E-state index in [4.69, 9.17) is 14.2 Å². The van der Waals surface area contributed by atoms with Crippen molar-refractivity contribution in [3.63, 3.8) is 0 Å². The second-order valence-corrected chi connectivity index (χ2v) is 6.95. The molecule has 0 aromatic heterocycles. The maximum Gasteiger partial charge on any atom is 0.203 e. The third kappa shape index (κ3) is 7.20. The molecular formula is C20H35IN4O3. The summed E-state index contributed by atoms with van der Waals surface area (Å²) < 4.78 is 16.2. The predicted octanol–water partition coefficient (Wildman–Crippen LogP) is 2.73. The molecule has 2 N–H and O–H groups in total. The monoisotopic (exact) mass is 506 g/mol. The summed E-state index contributed by atoms with van der Waals surface area (Å²) in [6.07, 6.45) is 2.66.